The molecule has 1 unspecified atom stereocenters. The fourth-order valence-corrected chi connectivity index (χ4v) is 2.78. The molecule has 1 N–H and O–H groups in total. The Morgan fingerprint density at radius 1 is 1.09 bits per heavy atom. The second kappa shape index (κ2) is 6.36. The van der Waals surface area contributed by atoms with Crippen molar-refractivity contribution in [1.29, 1.82) is 0 Å². The van der Waals surface area contributed by atoms with Crippen LogP contribution in [0.4, 0.5) is 5.82 Å². The molecule has 3 rings (SSSR count). The summed E-state index contributed by atoms with van der Waals surface area (Å²) in [6.45, 7) is 9.34. The SMILES string of the molecule is CCn1c(C(C)Nc2ccnc(C(C)C)n2)nc2ccccc21. The van der Waals surface area contributed by atoms with Crippen LogP contribution in [0, 0.1) is 0 Å². The van der Waals surface area contributed by atoms with Gasteiger partial charge in [-0.3, -0.25) is 0 Å². The summed E-state index contributed by atoms with van der Waals surface area (Å²) in [7, 11) is 0. The molecule has 3 aromatic rings. The molecule has 0 spiro atoms. The third-order valence-corrected chi connectivity index (χ3v) is 3.94. The second-order valence-electron chi connectivity index (χ2n) is 6.02. The monoisotopic (exact) mass is 309 g/mol. The fourth-order valence-electron chi connectivity index (χ4n) is 2.78. The minimum atomic E-state index is 0.0669. The number of hydrogen-bond donors (Lipinski definition) is 1. The van der Waals surface area contributed by atoms with Gasteiger partial charge in [-0.25, -0.2) is 15.0 Å². The van der Waals surface area contributed by atoms with Crippen LogP contribution in [0.25, 0.3) is 11.0 Å². The maximum Gasteiger partial charge on any atom is 0.133 e. The molecule has 0 radical (unpaired) electrons. The summed E-state index contributed by atoms with van der Waals surface area (Å²) < 4.78 is 2.25. The number of anilines is 1. The zero-order chi connectivity index (χ0) is 16.4. The third kappa shape index (κ3) is 3.04. The average molecular weight is 309 g/mol. The molecule has 0 amide bonds. The van der Waals surface area contributed by atoms with E-state index < -0.39 is 0 Å². The van der Waals surface area contributed by atoms with E-state index in [9.17, 15) is 0 Å². The molecule has 2 aromatic heterocycles. The lowest BCUT2D eigenvalue weighted by molar-refractivity contribution is 0.670. The molecule has 0 bridgehead atoms. The topological polar surface area (TPSA) is 55.6 Å². The van der Waals surface area contributed by atoms with Crippen molar-refractivity contribution in [2.24, 2.45) is 0 Å². The number of nitrogens with one attached hydrogen (secondary N) is 1. The van der Waals surface area contributed by atoms with Gasteiger partial charge in [0.15, 0.2) is 0 Å². The Hall–Kier alpha value is -2.43. The normalized spacial score (nSPS) is 12.7. The van der Waals surface area contributed by atoms with Crippen LogP contribution >= 0.6 is 0 Å². The summed E-state index contributed by atoms with van der Waals surface area (Å²) >= 11 is 0. The highest BCUT2D eigenvalue weighted by Crippen LogP contribution is 2.23. The van der Waals surface area contributed by atoms with Gasteiger partial charge in [0.25, 0.3) is 0 Å². The average Bonchev–Trinajstić information content (AvgIpc) is 2.93. The van der Waals surface area contributed by atoms with E-state index in [2.05, 4.69) is 65.7 Å². The number of nitrogens with zero attached hydrogens (tertiary/aromatic N) is 4. The van der Waals surface area contributed by atoms with Gasteiger partial charge in [-0.05, 0) is 32.0 Å². The van der Waals surface area contributed by atoms with Crippen molar-refractivity contribution < 1.29 is 0 Å². The van der Waals surface area contributed by atoms with Crippen LogP contribution in [-0.4, -0.2) is 19.5 Å². The van der Waals surface area contributed by atoms with Gasteiger partial charge < -0.3 is 9.88 Å². The molecule has 1 atom stereocenters. The van der Waals surface area contributed by atoms with Crippen molar-refractivity contribution in [2.75, 3.05) is 5.32 Å². The van der Waals surface area contributed by atoms with Crippen LogP contribution in [0.15, 0.2) is 36.5 Å². The molecule has 2 heterocycles. The van der Waals surface area contributed by atoms with Crippen molar-refractivity contribution in [3.05, 3.63) is 48.2 Å². The van der Waals surface area contributed by atoms with E-state index in [4.69, 9.17) is 4.98 Å². The lowest BCUT2D eigenvalue weighted by Gasteiger charge is -2.16. The number of aromatic nitrogens is 4. The lowest BCUT2D eigenvalue weighted by Crippen LogP contribution is -2.15. The standard InChI is InChI=1S/C18H23N5/c1-5-23-15-9-7-6-8-14(15)21-18(23)13(4)20-16-10-11-19-17(22-16)12(2)3/h6-13H,5H2,1-4H3,(H,19,20,22). The molecule has 0 saturated carbocycles. The third-order valence-electron chi connectivity index (χ3n) is 3.94. The highest BCUT2D eigenvalue weighted by atomic mass is 15.1. The van der Waals surface area contributed by atoms with E-state index in [-0.39, 0.29) is 6.04 Å². The Morgan fingerprint density at radius 2 is 1.87 bits per heavy atom. The van der Waals surface area contributed by atoms with Crippen LogP contribution in [-0.2, 0) is 6.54 Å². The molecule has 0 fully saturated rings. The van der Waals surface area contributed by atoms with E-state index in [1.807, 2.05) is 12.1 Å². The number of aryl methyl sites for hydroxylation is 1. The van der Waals surface area contributed by atoms with Crippen molar-refractivity contribution in [3.63, 3.8) is 0 Å². The zero-order valence-corrected chi connectivity index (χ0v) is 14.1. The molecule has 0 saturated heterocycles. The molecule has 0 aliphatic heterocycles. The Balaban J connectivity index is 1.91. The van der Waals surface area contributed by atoms with Crippen LogP contribution < -0.4 is 5.32 Å². The maximum atomic E-state index is 4.79. The fraction of sp³-hybridized carbons (Fsp3) is 0.389. The molecule has 23 heavy (non-hydrogen) atoms. The second-order valence-corrected chi connectivity index (χ2v) is 6.02. The molecule has 1 aromatic carbocycles. The zero-order valence-electron chi connectivity index (χ0n) is 14.1. The van der Waals surface area contributed by atoms with E-state index in [0.717, 1.165) is 29.5 Å². The van der Waals surface area contributed by atoms with Crippen LogP contribution in [0.5, 0.6) is 0 Å². The highest BCUT2D eigenvalue weighted by Gasteiger charge is 2.16. The predicted octanol–water partition coefficient (Wildman–Crippen LogP) is 4.14. The number of fused-ring (bicyclic) bond motifs is 1. The summed E-state index contributed by atoms with van der Waals surface area (Å²) in [6, 6.07) is 10.2. The van der Waals surface area contributed by atoms with Gasteiger partial charge in [0.05, 0.1) is 17.1 Å². The van der Waals surface area contributed by atoms with E-state index >= 15 is 0 Å². The summed E-state index contributed by atoms with van der Waals surface area (Å²) in [5.74, 6) is 3.03. The molecule has 0 aliphatic carbocycles. The minimum absolute atomic E-state index is 0.0669. The minimum Gasteiger partial charge on any atom is -0.360 e. The van der Waals surface area contributed by atoms with E-state index in [1.165, 1.54) is 5.52 Å². The van der Waals surface area contributed by atoms with Gasteiger partial charge in [-0.1, -0.05) is 26.0 Å². The molecular formula is C18H23N5. The predicted molar refractivity (Wildman–Crippen MR) is 93.6 cm³/mol. The molecule has 5 nitrogen and oxygen atoms in total. The van der Waals surface area contributed by atoms with Gasteiger partial charge in [0.2, 0.25) is 0 Å². The smallest absolute Gasteiger partial charge is 0.133 e. The maximum absolute atomic E-state index is 4.79. The molecular weight excluding hydrogens is 286 g/mol. The molecule has 0 aliphatic rings. The lowest BCUT2D eigenvalue weighted by atomic mass is 10.2. The van der Waals surface area contributed by atoms with Crippen LogP contribution in [0.1, 0.15) is 51.3 Å². The first-order valence-electron chi connectivity index (χ1n) is 8.14. The van der Waals surface area contributed by atoms with Gasteiger partial charge in [-0.15, -0.1) is 0 Å². The van der Waals surface area contributed by atoms with Crippen LogP contribution in [0.3, 0.4) is 0 Å². The number of hydrogen-bond acceptors (Lipinski definition) is 4. The number of benzene rings is 1. The summed E-state index contributed by atoms with van der Waals surface area (Å²) in [4.78, 5) is 13.7. The summed E-state index contributed by atoms with van der Waals surface area (Å²) in [5, 5.41) is 3.45. The number of para-hydroxylation sites is 2. The van der Waals surface area contributed by atoms with Gasteiger partial charge in [-0.2, -0.15) is 0 Å². The van der Waals surface area contributed by atoms with Gasteiger partial charge >= 0.3 is 0 Å². The van der Waals surface area contributed by atoms with Crippen molar-refractivity contribution in [3.8, 4) is 0 Å². The Labute approximate surface area is 136 Å². The van der Waals surface area contributed by atoms with Gasteiger partial charge in [0, 0.05) is 18.7 Å². The van der Waals surface area contributed by atoms with Gasteiger partial charge in [0.1, 0.15) is 17.5 Å². The molecule has 5 heteroatoms. The summed E-state index contributed by atoms with van der Waals surface area (Å²) in [6.07, 6.45) is 1.81. The number of rotatable bonds is 5. The quantitative estimate of drug-likeness (QED) is 0.769. The molecule has 120 valence electrons. The first-order valence-corrected chi connectivity index (χ1v) is 8.14. The Bertz CT molecular complexity index is 806. The van der Waals surface area contributed by atoms with Crippen molar-refractivity contribution in [2.45, 2.75) is 46.2 Å². The number of imidazole rings is 1. The van der Waals surface area contributed by atoms with E-state index in [0.29, 0.717) is 5.92 Å². The largest absolute Gasteiger partial charge is 0.360 e. The van der Waals surface area contributed by atoms with Crippen molar-refractivity contribution in [1.82, 2.24) is 19.5 Å². The highest BCUT2D eigenvalue weighted by molar-refractivity contribution is 5.76. The summed E-state index contributed by atoms with van der Waals surface area (Å²) in [5.41, 5.74) is 2.20. The first kappa shape index (κ1) is 15.5. The van der Waals surface area contributed by atoms with E-state index in [1.54, 1.807) is 6.20 Å². The van der Waals surface area contributed by atoms with Crippen molar-refractivity contribution >= 4 is 16.9 Å². The first-order chi connectivity index (χ1) is 11.1. The van der Waals surface area contributed by atoms with Crippen LogP contribution in [0.2, 0.25) is 0 Å². The Morgan fingerprint density at radius 3 is 2.61 bits per heavy atom. The Kier molecular flexibility index (Phi) is 4.28.